The van der Waals surface area contributed by atoms with Crippen LogP contribution in [0, 0.1) is 6.92 Å². The third kappa shape index (κ3) is 4.25. The average molecular weight is 363 g/mol. The molecule has 0 radical (unpaired) electrons. The minimum Gasteiger partial charge on any atom is -0.408 e. The van der Waals surface area contributed by atoms with Gasteiger partial charge in [-0.15, -0.1) is 5.10 Å². The summed E-state index contributed by atoms with van der Waals surface area (Å²) in [7, 11) is -3.95. The van der Waals surface area contributed by atoms with Crippen LogP contribution in [0.2, 0.25) is 0 Å². The monoisotopic (exact) mass is 363 g/mol. The Hall–Kier alpha value is -2.22. The summed E-state index contributed by atoms with van der Waals surface area (Å²) in [5, 5.41) is 6.92. The van der Waals surface area contributed by atoms with E-state index in [2.05, 4.69) is 10.2 Å². The molecule has 0 saturated carbocycles. The third-order valence-electron chi connectivity index (χ3n) is 4.24. The van der Waals surface area contributed by atoms with Gasteiger partial charge in [-0.2, -0.15) is 0 Å². The van der Waals surface area contributed by atoms with E-state index in [4.69, 9.17) is 4.42 Å². The summed E-state index contributed by atoms with van der Waals surface area (Å²) in [6, 6.07) is 7.30. The van der Waals surface area contributed by atoms with Crippen molar-refractivity contribution in [2.45, 2.75) is 37.8 Å². The molecular formula is C17H21N3O4S. The zero-order valence-electron chi connectivity index (χ0n) is 14.1. The summed E-state index contributed by atoms with van der Waals surface area (Å²) in [5.74, 6) is -0.916. The van der Waals surface area contributed by atoms with Gasteiger partial charge in [0.15, 0.2) is 0 Å². The quantitative estimate of drug-likeness (QED) is 0.827. The Morgan fingerprint density at radius 2 is 1.72 bits per heavy atom. The van der Waals surface area contributed by atoms with Gasteiger partial charge >= 0.3 is 5.22 Å². The maximum absolute atomic E-state index is 12.4. The number of sulfone groups is 1. The molecule has 3 rings (SSSR count). The fraction of sp³-hybridized carbons (Fsp3) is 0.471. The number of aromatic nitrogens is 2. The van der Waals surface area contributed by atoms with E-state index < -0.39 is 26.7 Å². The molecule has 0 N–H and O–H groups in total. The van der Waals surface area contributed by atoms with Crippen molar-refractivity contribution in [1.82, 2.24) is 15.1 Å². The molecule has 1 amide bonds. The van der Waals surface area contributed by atoms with E-state index >= 15 is 0 Å². The standard InChI is InChI=1S/C17H21N3O4S/c1-13-6-8-14(9-7-13)16-18-19-17(24-16)25(22,23)12-15(21)20-10-4-2-3-5-11-20/h6-9H,2-5,10-12H2,1H3. The van der Waals surface area contributed by atoms with Crippen LogP contribution < -0.4 is 0 Å². The summed E-state index contributed by atoms with van der Waals surface area (Å²) in [6.07, 6.45) is 3.95. The molecule has 8 heteroatoms. The minimum absolute atomic E-state index is 0.126. The molecule has 2 aromatic rings. The van der Waals surface area contributed by atoms with Crippen LogP contribution in [0.4, 0.5) is 0 Å². The van der Waals surface area contributed by atoms with E-state index in [1.807, 2.05) is 19.1 Å². The summed E-state index contributed by atoms with van der Waals surface area (Å²) in [6.45, 7) is 3.15. The zero-order chi connectivity index (χ0) is 17.9. The Morgan fingerprint density at radius 3 is 2.36 bits per heavy atom. The van der Waals surface area contributed by atoms with Gasteiger partial charge in [-0.25, -0.2) is 8.42 Å². The van der Waals surface area contributed by atoms with Crippen molar-refractivity contribution in [3.05, 3.63) is 29.8 Å². The molecule has 0 unspecified atom stereocenters. The second-order valence-corrected chi connectivity index (χ2v) is 8.16. The molecular weight excluding hydrogens is 342 g/mol. The topological polar surface area (TPSA) is 93.4 Å². The van der Waals surface area contributed by atoms with E-state index in [0.717, 1.165) is 31.2 Å². The molecule has 1 aromatic heterocycles. The fourth-order valence-electron chi connectivity index (χ4n) is 2.78. The van der Waals surface area contributed by atoms with Gasteiger partial charge < -0.3 is 9.32 Å². The van der Waals surface area contributed by atoms with Gasteiger partial charge in [-0.3, -0.25) is 4.79 Å². The summed E-state index contributed by atoms with van der Waals surface area (Å²) < 4.78 is 30.2. The molecule has 134 valence electrons. The lowest BCUT2D eigenvalue weighted by Gasteiger charge is -2.19. The number of hydrogen-bond donors (Lipinski definition) is 0. The number of rotatable bonds is 4. The van der Waals surface area contributed by atoms with Crippen LogP contribution >= 0.6 is 0 Å². The van der Waals surface area contributed by atoms with Crippen LogP contribution in [0.3, 0.4) is 0 Å². The van der Waals surface area contributed by atoms with Crippen molar-refractivity contribution in [2.24, 2.45) is 0 Å². The number of carbonyl (C=O) groups excluding carboxylic acids is 1. The molecule has 0 bridgehead atoms. The van der Waals surface area contributed by atoms with Crippen molar-refractivity contribution in [2.75, 3.05) is 18.8 Å². The van der Waals surface area contributed by atoms with Gasteiger partial charge in [0, 0.05) is 18.7 Å². The molecule has 2 heterocycles. The molecule has 7 nitrogen and oxygen atoms in total. The number of aryl methyl sites for hydroxylation is 1. The van der Waals surface area contributed by atoms with Crippen molar-refractivity contribution >= 4 is 15.7 Å². The van der Waals surface area contributed by atoms with Crippen LogP contribution in [0.25, 0.3) is 11.5 Å². The van der Waals surface area contributed by atoms with Crippen LogP contribution in [0.1, 0.15) is 31.2 Å². The third-order valence-corrected chi connectivity index (χ3v) is 5.57. The number of hydrogen-bond acceptors (Lipinski definition) is 6. The molecule has 1 aliphatic heterocycles. The highest BCUT2D eigenvalue weighted by Crippen LogP contribution is 2.21. The Balaban J connectivity index is 1.74. The van der Waals surface area contributed by atoms with E-state index in [0.29, 0.717) is 18.7 Å². The lowest BCUT2D eigenvalue weighted by Crippen LogP contribution is -2.36. The summed E-state index contributed by atoms with van der Waals surface area (Å²) in [5.41, 5.74) is 1.71. The zero-order valence-corrected chi connectivity index (χ0v) is 15.0. The first-order valence-corrected chi connectivity index (χ1v) is 10.0. The van der Waals surface area contributed by atoms with E-state index in [1.165, 1.54) is 0 Å². The van der Waals surface area contributed by atoms with Crippen molar-refractivity contribution in [3.8, 4) is 11.5 Å². The number of carbonyl (C=O) groups is 1. The second kappa shape index (κ2) is 7.35. The molecule has 0 spiro atoms. The van der Waals surface area contributed by atoms with Crippen LogP contribution in [-0.2, 0) is 14.6 Å². The van der Waals surface area contributed by atoms with Gasteiger partial charge in [0.25, 0.3) is 0 Å². The van der Waals surface area contributed by atoms with Crippen molar-refractivity contribution in [3.63, 3.8) is 0 Å². The highest BCUT2D eigenvalue weighted by atomic mass is 32.2. The molecule has 1 aromatic carbocycles. The van der Waals surface area contributed by atoms with E-state index in [9.17, 15) is 13.2 Å². The van der Waals surface area contributed by atoms with Gasteiger partial charge in [0.2, 0.25) is 21.6 Å². The van der Waals surface area contributed by atoms with Crippen LogP contribution in [-0.4, -0.2) is 48.3 Å². The number of amides is 1. The first-order chi connectivity index (χ1) is 12.0. The van der Waals surface area contributed by atoms with Crippen LogP contribution in [0.15, 0.2) is 33.9 Å². The Kier molecular flexibility index (Phi) is 5.17. The molecule has 1 fully saturated rings. The lowest BCUT2D eigenvalue weighted by molar-refractivity contribution is -0.128. The molecule has 1 saturated heterocycles. The smallest absolute Gasteiger partial charge is 0.336 e. The van der Waals surface area contributed by atoms with Gasteiger partial charge in [-0.1, -0.05) is 35.6 Å². The van der Waals surface area contributed by atoms with Crippen LogP contribution in [0.5, 0.6) is 0 Å². The first kappa shape index (κ1) is 17.6. The van der Waals surface area contributed by atoms with Crippen molar-refractivity contribution in [1.29, 1.82) is 0 Å². The predicted molar refractivity (Wildman–Crippen MR) is 91.6 cm³/mol. The van der Waals surface area contributed by atoms with E-state index in [-0.39, 0.29) is 5.89 Å². The maximum atomic E-state index is 12.4. The van der Waals surface area contributed by atoms with Gasteiger partial charge in [0.1, 0.15) is 5.75 Å². The number of likely N-dealkylation sites (tertiary alicyclic amines) is 1. The second-order valence-electron chi connectivity index (χ2n) is 6.29. The largest absolute Gasteiger partial charge is 0.408 e. The summed E-state index contributed by atoms with van der Waals surface area (Å²) in [4.78, 5) is 13.9. The molecule has 1 aliphatic rings. The Morgan fingerprint density at radius 1 is 1.08 bits per heavy atom. The normalized spacial score (nSPS) is 15.8. The molecule has 25 heavy (non-hydrogen) atoms. The summed E-state index contributed by atoms with van der Waals surface area (Å²) >= 11 is 0. The molecule has 0 atom stereocenters. The fourth-order valence-corrected chi connectivity index (χ4v) is 3.79. The maximum Gasteiger partial charge on any atom is 0.336 e. The first-order valence-electron chi connectivity index (χ1n) is 8.37. The predicted octanol–water partition coefficient (Wildman–Crippen LogP) is 2.22. The Bertz CT molecular complexity index is 835. The minimum atomic E-state index is -3.95. The molecule has 0 aliphatic carbocycles. The van der Waals surface area contributed by atoms with Crippen molar-refractivity contribution < 1.29 is 17.6 Å². The highest BCUT2D eigenvalue weighted by molar-refractivity contribution is 7.91. The Labute approximate surface area is 147 Å². The SMILES string of the molecule is Cc1ccc(-c2nnc(S(=O)(=O)CC(=O)N3CCCCCC3)o2)cc1. The number of benzene rings is 1. The lowest BCUT2D eigenvalue weighted by atomic mass is 10.1. The highest BCUT2D eigenvalue weighted by Gasteiger charge is 2.29. The van der Waals surface area contributed by atoms with Gasteiger partial charge in [0.05, 0.1) is 0 Å². The van der Waals surface area contributed by atoms with Gasteiger partial charge in [-0.05, 0) is 31.9 Å². The number of nitrogens with zero attached hydrogens (tertiary/aromatic N) is 3. The van der Waals surface area contributed by atoms with E-state index in [1.54, 1.807) is 17.0 Å². The average Bonchev–Trinajstić information content (AvgIpc) is 2.92.